The highest BCUT2D eigenvalue weighted by atomic mass is 79.9. The van der Waals surface area contributed by atoms with Gasteiger partial charge >= 0.3 is 0 Å². The molecule has 26 heavy (non-hydrogen) atoms. The maximum absolute atomic E-state index is 14.1. The van der Waals surface area contributed by atoms with Crippen LogP contribution in [0.2, 0.25) is 0 Å². The van der Waals surface area contributed by atoms with Crippen LogP contribution in [0.1, 0.15) is 0 Å². The maximum Gasteiger partial charge on any atom is 0.187 e. The van der Waals surface area contributed by atoms with Gasteiger partial charge in [-0.05, 0) is 24.3 Å². The van der Waals surface area contributed by atoms with E-state index in [-0.39, 0.29) is 24.3 Å². The molecule has 1 aromatic carbocycles. The van der Waals surface area contributed by atoms with Gasteiger partial charge < -0.3 is 15.0 Å². The van der Waals surface area contributed by atoms with Crippen LogP contribution in [0.25, 0.3) is 10.2 Å². The monoisotopic (exact) mass is 458 g/mol. The second kappa shape index (κ2) is 8.47. The Morgan fingerprint density at radius 3 is 3.12 bits per heavy atom. The van der Waals surface area contributed by atoms with Crippen molar-refractivity contribution < 1.29 is 9.13 Å². The maximum atomic E-state index is 14.1. The second-order valence-electron chi connectivity index (χ2n) is 5.78. The molecule has 1 fully saturated rings. The SMILES string of the molecule is Cl.Fc1cc(Br)cc2sc(N3CCNCC3COc3cccnc3)nc12. The van der Waals surface area contributed by atoms with E-state index < -0.39 is 0 Å². The van der Waals surface area contributed by atoms with Gasteiger partial charge in [0.25, 0.3) is 0 Å². The van der Waals surface area contributed by atoms with Crippen LogP contribution >= 0.6 is 39.7 Å². The van der Waals surface area contributed by atoms with E-state index in [1.165, 1.54) is 17.4 Å². The molecule has 4 rings (SSSR count). The van der Waals surface area contributed by atoms with Crippen molar-refractivity contribution in [1.82, 2.24) is 15.3 Å². The summed E-state index contributed by atoms with van der Waals surface area (Å²) in [5.74, 6) is 0.442. The summed E-state index contributed by atoms with van der Waals surface area (Å²) in [6, 6.07) is 7.22. The Bertz CT molecular complexity index is 882. The first-order chi connectivity index (χ1) is 12.2. The van der Waals surface area contributed by atoms with Crippen LogP contribution in [0.4, 0.5) is 9.52 Å². The third-order valence-electron chi connectivity index (χ3n) is 4.07. The Morgan fingerprint density at radius 2 is 2.31 bits per heavy atom. The molecule has 0 saturated carbocycles. The van der Waals surface area contributed by atoms with Crippen molar-refractivity contribution in [3.8, 4) is 5.75 Å². The van der Waals surface area contributed by atoms with E-state index in [2.05, 4.69) is 36.1 Å². The molecule has 1 atom stereocenters. The van der Waals surface area contributed by atoms with Crippen LogP contribution in [0.5, 0.6) is 5.75 Å². The number of ether oxygens (including phenoxy) is 1. The molecule has 3 aromatic rings. The number of nitrogens with zero attached hydrogens (tertiary/aromatic N) is 3. The highest BCUT2D eigenvalue weighted by Gasteiger charge is 2.26. The zero-order valence-corrected chi connectivity index (χ0v) is 16.9. The van der Waals surface area contributed by atoms with Gasteiger partial charge in [0.1, 0.15) is 17.9 Å². The normalized spacial score (nSPS) is 17.2. The molecule has 3 heterocycles. The minimum atomic E-state index is -0.301. The van der Waals surface area contributed by atoms with Crippen molar-refractivity contribution in [1.29, 1.82) is 0 Å². The number of rotatable bonds is 4. The molecule has 0 spiro atoms. The topological polar surface area (TPSA) is 50.3 Å². The highest BCUT2D eigenvalue weighted by Crippen LogP contribution is 2.33. The fraction of sp³-hybridized carbons (Fsp3) is 0.294. The Balaban J connectivity index is 0.00000196. The summed E-state index contributed by atoms with van der Waals surface area (Å²) in [6.07, 6.45) is 3.42. The first kappa shape index (κ1) is 19.3. The third kappa shape index (κ3) is 4.09. The summed E-state index contributed by atoms with van der Waals surface area (Å²) < 4.78 is 21.6. The van der Waals surface area contributed by atoms with Gasteiger partial charge in [-0.15, -0.1) is 12.4 Å². The van der Waals surface area contributed by atoms with Crippen LogP contribution in [-0.2, 0) is 0 Å². The van der Waals surface area contributed by atoms with E-state index in [0.29, 0.717) is 12.1 Å². The van der Waals surface area contributed by atoms with Gasteiger partial charge in [-0.2, -0.15) is 0 Å². The van der Waals surface area contributed by atoms with Crippen LogP contribution in [0.15, 0.2) is 41.1 Å². The summed E-state index contributed by atoms with van der Waals surface area (Å²) >= 11 is 4.85. The minimum absolute atomic E-state index is 0. The van der Waals surface area contributed by atoms with Gasteiger partial charge in [0.15, 0.2) is 10.9 Å². The van der Waals surface area contributed by atoms with Crippen molar-refractivity contribution >= 4 is 55.0 Å². The van der Waals surface area contributed by atoms with Crippen molar-refractivity contribution in [3.05, 3.63) is 46.9 Å². The Labute approximate surface area is 169 Å². The number of thiazole rings is 1. The summed E-state index contributed by atoms with van der Waals surface area (Å²) in [6.45, 7) is 2.98. The molecule has 0 bridgehead atoms. The number of benzene rings is 1. The lowest BCUT2D eigenvalue weighted by Gasteiger charge is -2.35. The number of piperazine rings is 1. The van der Waals surface area contributed by atoms with E-state index in [9.17, 15) is 4.39 Å². The van der Waals surface area contributed by atoms with E-state index in [0.717, 1.165) is 39.7 Å². The molecule has 138 valence electrons. The number of hydrogen-bond acceptors (Lipinski definition) is 6. The van der Waals surface area contributed by atoms with Gasteiger partial charge in [-0.25, -0.2) is 9.37 Å². The Morgan fingerprint density at radius 1 is 1.42 bits per heavy atom. The van der Waals surface area contributed by atoms with Gasteiger partial charge in [-0.3, -0.25) is 4.98 Å². The molecule has 0 radical (unpaired) electrons. The fourth-order valence-corrected chi connectivity index (χ4v) is 4.55. The van der Waals surface area contributed by atoms with E-state index >= 15 is 0 Å². The number of halogens is 3. The van der Waals surface area contributed by atoms with Crippen molar-refractivity contribution in [2.24, 2.45) is 0 Å². The summed E-state index contributed by atoms with van der Waals surface area (Å²) in [5.41, 5.74) is 0.425. The molecular weight excluding hydrogens is 443 g/mol. The first-order valence-electron chi connectivity index (χ1n) is 7.96. The standard InChI is InChI=1S/C17H16BrFN4OS.ClH/c18-11-6-14(19)16-15(7-11)25-17(22-16)23-5-4-21-8-12(23)10-24-13-2-1-3-20-9-13;/h1-3,6-7,9,12,21H,4-5,8,10H2;1H. The molecule has 1 aliphatic rings. The highest BCUT2D eigenvalue weighted by molar-refractivity contribution is 9.10. The number of anilines is 1. The molecule has 0 aliphatic carbocycles. The van der Waals surface area contributed by atoms with Crippen LogP contribution in [-0.4, -0.2) is 42.3 Å². The predicted molar refractivity (Wildman–Crippen MR) is 108 cm³/mol. The first-order valence-corrected chi connectivity index (χ1v) is 9.57. The molecule has 9 heteroatoms. The summed E-state index contributed by atoms with van der Waals surface area (Å²) in [7, 11) is 0. The largest absolute Gasteiger partial charge is 0.490 e. The molecule has 1 N–H and O–H groups in total. The van der Waals surface area contributed by atoms with Crippen LogP contribution in [0, 0.1) is 5.82 Å². The van der Waals surface area contributed by atoms with Gasteiger partial charge in [-0.1, -0.05) is 27.3 Å². The fourth-order valence-electron chi connectivity index (χ4n) is 2.85. The number of pyridine rings is 1. The number of aromatic nitrogens is 2. The lowest BCUT2D eigenvalue weighted by Crippen LogP contribution is -2.54. The molecule has 2 aromatic heterocycles. The van der Waals surface area contributed by atoms with Gasteiger partial charge in [0, 0.05) is 30.3 Å². The molecule has 5 nitrogen and oxygen atoms in total. The lowest BCUT2D eigenvalue weighted by atomic mass is 10.2. The van der Waals surface area contributed by atoms with Crippen molar-refractivity contribution in [3.63, 3.8) is 0 Å². The number of hydrogen-bond donors (Lipinski definition) is 1. The Kier molecular flexibility index (Phi) is 6.29. The molecule has 1 saturated heterocycles. The predicted octanol–water partition coefficient (Wildman–Crippen LogP) is 3.87. The van der Waals surface area contributed by atoms with E-state index in [1.54, 1.807) is 12.4 Å². The zero-order valence-electron chi connectivity index (χ0n) is 13.7. The van der Waals surface area contributed by atoms with Gasteiger partial charge in [0.2, 0.25) is 0 Å². The van der Waals surface area contributed by atoms with Gasteiger partial charge in [0.05, 0.1) is 16.9 Å². The molecule has 0 amide bonds. The summed E-state index contributed by atoms with van der Waals surface area (Å²) in [5, 5.41) is 4.21. The van der Waals surface area contributed by atoms with E-state index in [1.807, 2.05) is 18.2 Å². The van der Waals surface area contributed by atoms with E-state index in [4.69, 9.17) is 4.74 Å². The number of nitrogens with one attached hydrogen (secondary N) is 1. The number of fused-ring (bicyclic) bond motifs is 1. The second-order valence-corrected chi connectivity index (χ2v) is 7.71. The average molecular weight is 460 g/mol. The smallest absolute Gasteiger partial charge is 0.187 e. The van der Waals surface area contributed by atoms with Crippen LogP contribution < -0.4 is 15.0 Å². The zero-order chi connectivity index (χ0) is 17.2. The molecule has 1 aliphatic heterocycles. The average Bonchev–Trinajstić information content (AvgIpc) is 3.05. The molecule has 1 unspecified atom stereocenters. The lowest BCUT2D eigenvalue weighted by molar-refractivity contribution is 0.266. The van der Waals surface area contributed by atoms with Crippen molar-refractivity contribution in [2.75, 3.05) is 31.1 Å². The minimum Gasteiger partial charge on any atom is -0.490 e. The van der Waals surface area contributed by atoms with Crippen molar-refractivity contribution in [2.45, 2.75) is 6.04 Å². The molecular formula is C17H17BrClFN4OS. The van der Waals surface area contributed by atoms with Crippen LogP contribution in [0.3, 0.4) is 0 Å². The third-order valence-corrected chi connectivity index (χ3v) is 5.57. The quantitative estimate of drug-likeness (QED) is 0.642. The summed E-state index contributed by atoms with van der Waals surface area (Å²) in [4.78, 5) is 10.8. The Hall–Kier alpha value is -1.48.